The molecule has 0 aliphatic carbocycles. The number of nitrogens with one attached hydrogen (secondary N) is 2. The number of benzene rings is 2. The predicted molar refractivity (Wildman–Crippen MR) is 90.9 cm³/mol. The number of ether oxygens (including phenoxy) is 1. The van der Waals surface area contributed by atoms with Crippen molar-refractivity contribution in [2.45, 2.75) is 18.9 Å². The normalized spacial score (nSPS) is 16.2. The van der Waals surface area contributed by atoms with Crippen LogP contribution in [-0.2, 0) is 11.4 Å². The summed E-state index contributed by atoms with van der Waals surface area (Å²) >= 11 is 0. The lowest BCUT2D eigenvalue weighted by atomic mass is 9.87. The van der Waals surface area contributed by atoms with Gasteiger partial charge >= 0.3 is 0 Å². The van der Waals surface area contributed by atoms with Crippen LogP contribution in [-0.4, -0.2) is 16.1 Å². The highest BCUT2D eigenvalue weighted by molar-refractivity contribution is 5.94. The summed E-state index contributed by atoms with van der Waals surface area (Å²) in [6.45, 7) is 0.256. The van der Waals surface area contributed by atoms with Crippen LogP contribution in [0.1, 0.15) is 29.0 Å². The monoisotopic (exact) mass is 337 g/mol. The molecule has 0 saturated heterocycles. The number of fused-ring (bicyclic) bond motifs is 1. The van der Waals surface area contributed by atoms with Crippen LogP contribution in [0.15, 0.2) is 54.7 Å². The van der Waals surface area contributed by atoms with E-state index in [0.29, 0.717) is 18.0 Å². The van der Waals surface area contributed by atoms with Gasteiger partial charge in [-0.15, -0.1) is 0 Å². The fraction of sp³-hybridized carbons (Fsp3) is 0.158. The lowest BCUT2D eigenvalue weighted by Gasteiger charge is -2.24. The van der Waals surface area contributed by atoms with Crippen molar-refractivity contribution in [1.82, 2.24) is 10.2 Å². The molecule has 5 nitrogen and oxygen atoms in total. The van der Waals surface area contributed by atoms with Crippen LogP contribution in [0.4, 0.5) is 10.2 Å². The maximum atomic E-state index is 13.3. The highest BCUT2D eigenvalue weighted by Crippen LogP contribution is 2.39. The van der Waals surface area contributed by atoms with E-state index >= 15 is 0 Å². The predicted octanol–water partition coefficient (Wildman–Crippen LogP) is 3.60. The number of para-hydroxylation sites is 1. The molecule has 3 aromatic rings. The van der Waals surface area contributed by atoms with Gasteiger partial charge in [0.25, 0.3) is 0 Å². The first-order valence-electron chi connectivity index (χ1n) is 8.00. The van der Waals surface area contributed by atoms with Crippen LogP contribution in [0.5, 0.6) is 5.75 Å². The third kappa shape index (κ3) is 3.10. The van der Waals surface area contributed by atoms with E-state index in [0.717, 1.165) is 16.7 Å². The number of aromatic amines is 1. The van der Waals surface area contributed by atoms with Gasteiger partial charge in [0.1, 0.15) is 24.0 Å². The van der Waals surface area contributed by atoms with Crippen molar-refractivity contribution in [2.24, 2.45) is 0 Å². The number of hydrogen-bond donors (Lipinski definition) is 2. The molecule has 2 N–H and O–H groups in total. The molecule has 0 unspecified atom stereocenters. The lowest BCUT2D eigenvalue weighted by molar-refractivity contribution is -0.116. The van der Waals surface area contributed by atoms with Gasteiger partial charge < -0.3 is 10.1 Å². The maximum Gasteiger partial charge on any atom is 0.226 e. The lowest BCUT2D eigenvalue weighted by Crippen LogP contribution is -2.23. The molecule has 1 amide bonds. The van der Waals surface area contributed by atoms with E-state index in [2.05, 4.69) is 15.5 Å². The molecule has 2 aromatic carbocycles. The summed E-state index contributed by atoms with van der Waals surface area (Å²) in [5.74, 6) is 0.814. The molecule has 1 aliphatic rings. The second kappa shape index (κ2) is 6.39. The van der Waals surface area contributed by atoms with Crippen LogP contribution in [0.2, 0.25) is 0 Å². The summed E-state index contributed by atoms with van der Waals surface area (Å²) in [5, 5.41) is 9.62. The summed E-state index contributed by atoms with van der Waals surface area (Å²) in [6, 6.07) is 13.9. The fourth-order valence-electron chi connectivity index (χ4n) is 3.11. The number of amides is 1. The number of hydrogen-bond acceptors (Lipinski definition) is 3. The van der Waals surface area contributed by atoms with Crippen LogP contribution >= 0.6 is 0 Å². The summed E-state index contributed by atoms with van der Waals surface area (Å²) in [5.41, 5.74) is 2.60. The topological polar surface area (TPSA) is 67.0 Å². The molecule has 0 bridgehead atoms. The molecule has 0 saturated carbocycles. The van der Waals surface area contributed by atoms with Gasteiger partial charge in [-0.1, -0.05) is 30.3 Å². The van der Waals surface area contributed by atoms with E-state index in [1.165, 1.54) is 12.1 Å². The highest BCUT2D eigenvalue weighted by Gasteiger charge is 2.29. The second-order valence-electron chi connectivity index (χ2n) is 5.96. The standard InChI is InChI=1S/C19H16FN3O2/c20-13-5-3-4-12(8-13)11-25-17-7-2-1-6-14(17)15-9-18(24)22-19-16(15)10-21-23-19/h1-8,10,15H,9,11H2,(H2,21,22,23,24)/t15-/m0/s1. The first kappa shape index (κ1) is 15.4. The van der Waals surface area contributed by atoms with Crippen molar-refractivity contribution in [2.75, 3.05) is 5.32 Å². The van der Waals surface area contributed by atoms with Crippen molar-refractivity contribution in [3.8, 4) is 5.75 Å². The van der Waals surface area contributed by atoms with E-state index < -0.39 is 0 Å². The number of nitrogens with zero attached hydrogens (tertiary/aromatic N) is 1. The first-order valence-corrected chi connectivity index (χ1v) is 8.00. The van der Waals surface area contributed by atoms with Gasteiger partial charge in [0.2, 0.25) is 5.91 Å². The Morgan fingerprint density at radius 3 is 2.92 bits per heavy atom. The number of carbonyl (C=O) groups is 1. The zero-order valence-corrected chi connectivity index (χ0v) is 13.3. The Morgan fingerprint density at radius 2 is 2.04 bits per heavy atom. The van der Waals surface area contributed by atoms with Gasteiger partial charge in [0, 0.05) is 23.5 Å². The van der Waals surface area contributed by atoms with Crippen molar-refractivity contribution in [1.29, 1.82) is 0 Å². The Hall–Kier alpha value is -3.15. The van der Waals surface area contributed by atoms with Crippen LogP contribution in [0, 0.1) is 5.82 Å². The van der Waals surface area contributed by atoms with Gasteiger partial charge in [0.15, 0.2) is 0 Å². The number of H-pyrrole nitrogens is 1. The minimum Gasteiger partial charge on any atom is -0.489 e. The van der Waals surface area contributed by atoms with Gasteiger partial charge in [0.05, 0.1) is 6.20 Å². The first-order chi connectivity index (χ1) is 12.2. The van der Waals surface area contributed by atoms with Crippen LogP contribution < -0.4 is 10.1 Å². The van der Waals surface area contributed by atoms with Crippen molar-refractivity contribution in [3.05, 3.63) is 77.2 Å². The van der Waals surface area contributed by atoms with Gasteiger partial charge in [-0.2, -0.15) is 5.10 Å². The fourth-order valence-corrected chi connectivity index (χ4v) is 3.11. The van der Waals surface area contributed by atoms with E-state index in [1.807, 2.05) is 30.3 Å². The molecule has 2 heterocycles. The number of anilines is 1. The van der Waals surface area contributed by atoms with Crippen molar-refractivity contribution < 1.29 is 13.9 Å². The Balaban J connectivity index is 1.63. The number of aromatic nitrogens is 2. The van der Waals surface area contributed by atoms with E-state index in [4.69, 9.17) is 4.74 Å². The SMILES string of the molecule is O=C1C[C@@H](c2ccccc2OCc2cccc(F)c2)c2cn[nH]c2N1. The van der Waals surface area contributed by atoms with Crippen LogP contribution in [0.25, 0.3) is 0 Å². The van der Waals surface area contributed by atoms with Crippen molar-refractivity contribution in [3.63, 3.8) is 0 Å². The quantitative estimate of drug-likeness (QED) is 0.764. The summed E-state index contributed by atoms with van der Waals surface area (Å²) in [4.78, 5) is 12.0. The highest BCUT2D eigenvalue weighted by atomic mass is 19.1. The largest absolute Gasteiger partial charge is 0.489 e. The maximum absolute atomic E-state index is 13.3. The summed E-state index contributed by atoms with van der Waals surface area (Å²) in [6.07, 6.45) is 2.05. The third-order valence-electron chi connectivity index (χ3n) is 4.28. The molecule has 1 atom stereocenters. The zero-order chi connectivity index (χ0) is 17.2. The number of rotatable bonds is 4. The van der Waals surface area contributed by atoms with E-state index in [9.17, 15) is 9.18 Å². The van der Waals surface area contributed by atoms with Gasteiger partial charge in [-0.25, -0.2) is 4.39 Å². The van der Waals surface area contributed by atoms with Gasteiger partial charge in [-0.05, 0) is 23.8 Å². The molecule has 25 heavy (non-hydrogen) atoms. The minimum absolute atomic E-state index is 0.0679. The molecule has 1 aliphatic heterocycles. The molecular weight excluding hydrogens is 321 g/mol. The zero-order valence-electron chi connectivity index (χ0n) is 13.3. The van der Waals surface area contributed by atoms with Gasteiger partial charge in [-0.3, -0.25) is 9.89 Å². The molecule has 6 heteroatoms. The molecule has 4 rings (SSSR count). The van der Waals surface area contributed by atoms with Crippen LogP contribution in [0.3, 0.4) is 0 Å². The second-order valence-corrected chi connectivity index (χ2v) is 5.96. The van der Waals surface area contributed by atoms with Crippen molar-refractivity contribution >= 4 is 11.7 Å². The summed E-state index contributed by atoms with van der Waals surface area (Å²) < 4.78 is 19.3. The smallest absolute Gasteiger partial charge is 0.226 e. The Bertz CT molecular complexity index is 922. The van der Waals surface area contributed by atoms with E-state index in [-0.39, 0.29) is 24.2 Å². The molecule has 0 fully saturated rings. The minimum atomic E-state index is -0.290. The van der Waals surface area contributed by atoms with E-state index in [1.54, 1.807) is 12.3 Å². The molecule has 1 aromatic heterocycles. The Morgan fingerprint density at radius 1 is 1.16 bits per heavy atom. The molecule has 126 valence electrons. The average Bonchev–Trinajstić information content (AvgIpc) is 3.08. The Kier molecular flexibility index (Phi) is 3.93. The number of carbonyl (C=O) groups excluding carboxylic acids is 1. The molecule has 0 spiro atoms. The molecular formula is C19H16FN3O2. The molecule has 0 radical (unpaired) electrons. The Labute approximate surface area is 143 Å². The number of halogens is 1. The third-order valence-corrected chi connectivity index (χ3v) is 4.28. The summed E-state index contributed by atoms with van der Waals surface area (Å²) in [7, 11) is 0. The average molecular weight is 337 g/mol.